The molecule has 24 heavy (non-hydrogen) atoms. The molecule has 0 aliphatic rings. The molecule has 0 bridgehead atoms. The molecule has 3 aromatic rings. The summed E-state index contributed by atoms with van der Waals surface area (Å²) in [6, 6.07) is 12.5. The van der Waals surface area contributed by atoms with E-state index in [2.05, 4.69) is 4.98 Å². The lowest BCUT2D eigenvalue weighted by Gasteiger charge is -2.19. The Hall–Kier alpha value is -3.15. The first-order valence-electron chi connectivity index (χ1n) is 7.39. The number of anilines is 1. The average molecular weight is 324 g/mol. The van der Waals surface area contributed by atoms with Crippen LogP contribution in [-0.4, -0.2) is 23.1 Å². The van der Waals surface area contributed by atoms with Crippen molar-refractivity contribution in [2.75, 3.05) is 11.9 Å². The third kappa shape index (κ3) is 3.12. The molecule has 3 rings (SSSR count). The summed E-state index contributed by atoms with van der Waals surface area (Å²) in [5.74, 6) is -1.29. The lowest BCUT2D eigenvalue weighted by atomic mass is 10.1. The minimum absolute atomic E-state index is 0.353. The predicted octanol–water partition coefficient (Wildman–Crippen LogP) is 2.83. The second-order valence-corrected chi connectivity index (χ2v) is 5.60. The van der Waals surface area contributed by atoms with Gasteiger partial charge in [0.05, 0.1) is 12.2 Å². The van der Waals surface area contributed by atoms with Gasteiger partial charge in [0, 0.05) is 29.9 Å². The highest BCUT2D eigenvalue weighted by Gasteiger charge is 2.13. The second-order valence-electron chi connectivity index (χ2n) is 5.60. The summed E-state index contributed by atoms with van der Waals surface area (Å²) in [5.41, 5.74) is 1.86. The van der Waals surface area contributed by atoms with Crippen molar-refractivity contribution in [1.82, 2.24) is 4.98 Å². The van der Waals surface area contributed by atoms with E-state index in [0.29, 0.717) is 17.5 Å². The van der Waals surface area contributed by atoms with Gasteiger partial charge in [-0.2, -0.15) is 0 Å². The number of hydrogen-bond acceptors (Lipinski definition) is 5. The summed E-state index contributed by atoms with van der Waals surface area (Å²) in [5, 5.41) is 9.55. The molecule has 0 atom stereocenters. The molecule has 1 N–H and O–H groups in total. The zero-order valence-electron chi connectivity index (χ0n) is 13.3. The molecular formula is C18H16N2O4. The highest BCUT2D eigenvalue weighted by Crippen LogP contribution is 2.22. The molecule has 2 heterocycles. The van der Waals surface area contributed by atoms with Gasteiger partial charge in [-0.1, -0.05) is 6.07 Å². The Balaban J connectivity index is 1.94. The largest absolute Gasteiger partial charge is 0.477 e. The number of aromatic carboxylic acids is 1. The number of carbonyl (C=O) groups is 1. The van der Waals surface area contributed by atoms with Gasteiger partial charge in [0.15, 0.2) is 0 Å². The maximum Gasteiger partial charge on any atom is 0.351 e. The standard InChI is InChI=1S/C18H16N2O4/c1-11-4-3-5-13(19-11)10-20(2)14-7-6-12-8-15(17(21)22)18(23)24-16(12)9-14/h3-9H,10H2,1-2H3,(H,21,22). The van der Waals surface area contributed by atoms with E-state index in [9.17, 15) is 9.59 Å². The van der Waals surface area contributed by atoms with Crippen molar-refractivity contribution in [2.45, 2.75) is 13.5 Å². The lowest BCUT2D eigenvalue weighted by molar-refractivity contribution is 0.0692. The van der Waals surface area contributed by atoms with E-state index in [4.69, 9.17) is 9.52 Å². The number of nitrogens with zero attached hydrogens (tertiary/aromatic N) is 2. The summed E-state index contributed by atoms with van der Waals surface area (Å²) < 4.78 is 5.14. The van der Waals surface area contributed by atoms with Crippen molar-refractivity contribution >= 4 is 22.6 Å². The number of carboxylic acid groups (broad SMARTS) is 1. The van der Waals surface area contributed by atoms with Crippen molar-refractivity contribution in [2.24, 2.45) is 0 Å². The second kappa shape index (κ2) is 6.16. The zero-order valence-corrected chi connectivity index (χ0v) is 13.3. The fourth-order valence-corrected chi connectivity index (χ4v) is 2.51. The van der Waals surface area contributed by atoms with Crippen LogP contribution in [0.3, 0.4) is 0 Å². The van der Waals surface area contributed by atoms with Crippen LogP contribution >= 0.6 is 0 Å². The van der Waals surface area contributed by atoms with Gasteiger partial charge in [-0.3, -0.25) is 4.98 Å². The number of carboxylic acids is 1. The van der Waals surface area contributed by atoms with Gasteiger partial charge >= 0.3 is 11.6 Å². The first-order valence-corrected chi connectivity index (χ1v) is 7.39. The number of pyridine rings is 1. The average Bonchev–Trinajstić information content (AvgIpc) is 2.53. The highest BCUT2D eigenvalue weighted by atomic mass is 16.4. The molecule has 0 fully saturated rings. The maximum absolute atomic E-state index is 11.7. The highest BCUT2D eigenvalue weighted by molar-refractivity contribution is 5.92. The van der Waals surface area contributed by atoms with Crippen LogP contribution < -0.4 is 10.5 Å². The number of hydrogen-bond donors (Lipinski definition) is 1. The van der Waals surface area contributed by atoms with Crippen molar-refractivity contribution < 1.29 is 14.3 Å². The van der Waals surface area contributed by atoms with Crippen LogP contribution in [0.25, 0.3) is 11.0 Å². The molecule has 6 heteroatoms. The molecule has 0 aliphatic heterocycles. The Kier molecular flexibility index (Phi) is 4.04. The SMILES string of the molecule is Cc1cccc(CN(C)c2ccc3cc(C(=O)O)c(=O)oc3c2)n1. The molecule has 0 unspecified atom stereocenters. The van der Waals surface area contributed by atoms with E-state index in [0.717, 1.165) is 17.1 Å². The number of benzene rings is 1. The van der Waals surface area contributed by atoms with Crippen LogP contribution in [0.5, 0.6) is 0 Å². The monoisotopic (exact) mass is 324 g/mol. The van der Waals surface area contributed by atoms with Gasteiger partial charge in [-0.25, -0.2) is 9.59 Å². The van der Waals surface area contributed by atoms with E-state index in [1.54, 1.807) is 12.1 Å². The van der Waals surface area contributed by atoms with E-state index in [1.807, 2.05) is 43.1 Å². The summed E-state index contributed by atoms with van der Waals surface area (Å²) >= 11 is 0. The third-order valence-corrected chi connectivity index (χ3v) is 3.74. The van der Waals surface area contributed by atoms with Crippen LogP contribution in [0.1, 0.15) is 21.7 Å². The quantitative estimate of drug-likeness (QED) is 0.743. The topological polar surface area (TPSA) is 83.6 Å². The molecule has 1 aromatic carbocycles. The molecule has 0 radical (unpaired) electrons. The van der Waals surface area contributed by atoms with Crippen molar-refractivity contribution in [3.8, 4) is 0 Å². The first-order chi connectivity index (χ1) is 11.4. The summed E-state index contributed by atoms with van der Waals surface area (Å²) in [6.07, 6.45) is 0. The van der Waals surface area contributed by atoms with E-state index < -0.39 is 11.6 Å². The summed E-state index contributed by atoms with van der Waals surface area (Å²) in [6.45, 7) is 2.54. The zero-order chi connectivity index (χ0) is 17.3. The van der Waals surface area contributed by atoms with Crippen molar-refractivity contribution in [3.63, 3.8) is 0 Å². The molecule has 0 saturated heterocycles. The Labute approximate surface area is 138 Å². The molecule has 0 saturated carbocycles. The fourth-order valence-electron chi connectivity index (χ4n) is 2.51. The van der Waals surface area contributed by atoms with Crippen LogP contribution in [0.15, 0.2) is 51.7 Å². The third-order valence-electron chi connectivity index (χ3n) is 3.74. The van der Waals surface area contributed by atoms with Gasteiger partial charge in [-0.15, -0.1) is 0 Å². The Morgan fingerprint density at radius 3 is 2.75 bits per heavy atom. The fraction of sp³-hybridized carbons (Fsp3) is 0.167. The summed E-state index contributed by atoms with van der Waals surface area (Å²) in [4.78, 5) is 29.2. The molecule has 0 aliphatic carbocycles. The van der Waals surface area contributed by atoms with Crippen molar-refractivity contribution in [1.29, 1.82) is 0 Å². The maximum atomic E-state index is 11.7. The Morgan fingerprint density at radius 1 is 1.25 bits per heavy atom. The smallest absolute Gasteiger partial charge is 0.351 e. The molecule has 122 valence electrons. The number of rotatable bonds is 4. The van der Waals surface area contributed by atoms with Gasteiger partial charge in [-0.05, 0) is 37.3 Å². The van der Waals surface area contributed by atoms with E-state index in [-0.39, 0.29) is 5.56 Å². The predicted molar refractivity (Wildman–Crippen MR) is 90.5 cm³/mol. The van der Waals surface area contributed by atoms with Crippen molar-refractivity contribution in [3.05, 3.63) is 69.8 Å². The van der Waals surface area contributed by atoms with Gasteiger partial charge in [0.25, 0.3) is 0 Å². The number of fused-ring (bicyclic) bond motifs is 1. The van der Waals surface area contributed by atoms with Gasteiger partial charge in [0.1, 0.15) is 11.1 Å². The van der Waals surface area contributed by atoms with Gasteiger partial charge < -0.3 is 14.4 Å². The molecule has 0 amide bonds. The van der Waals surface area contributed by atoms with Crippen LogP contribution in [0, 0.1) is 6.92 Å². The van der Waals surface area contributed by atoms with E-state index >= 15 is 0 Å². The molecule has 6 nitrogen and oxygen atoms in total. The van der Waals surface area contributed by atoms with Crippen LogP contribution in [0.4, 0.5) is 5.69 Å². The summed E-state index contributed by atoms with van der Waals surface area (Å²) in [7, 11) is 1.91. The van der Waals surface area contributed by atoms with Crippen LogP contribution in [-0.2, 0) is 6.54 Å². The minimum Gasteiger partial charge on any atom is -0.477 e. The number of aromatic nitrogens is 1. The van der Waals surface area contributed by atoms with Gasteiger partial charge in [0.2, 0.25) is 0 Å². The Bertz CT molecular complexity index is 978. The minimum atomic E-state index is -1.29. The lowest BCUT2D eigenvalue weighted by Crippen LogP contribution is -2.17. The van der Waals surface area contributed by atoms with E-state index in [1.165, 1.54) is 6.07 Å². The first kappa shape index (κ1) is 15.7. The normalized spacial score (nSPS) is 10.8. The molecule has 2 aromatic heterocycles. The molecular weight excluding hydrogens is 308 g/mol. The Morgan fingerprint density at radius 2 is 2.04 bits per heavy atom. The number of aryl methyl sites for hydroxylation is 1. The molecule has 0 spiro atoms. The van der Waals surface area contributed by atoms with Crippen LogP contribution in [0.2, 0.25) is 0 Å².